The van der Waals surface area contributed by atoms with Crippen molar-refractivity contribution in [1.82, 2.24) is 10.3 Å². The second kappa shape index (κ2) is 5.49. The van der Waals surface area contributed by atoms with E-state index in [0.717, 1.165) is 21.4 Å². The molecule has 4 nitrogen and oxygen atoms in total. The van der Waals surface area contributed by atoms with Crippen LogP contribution in [0.2, 0.25) is 0 Å². The molecule has 0 radical (unpaired) electrons. The molecule has 0 aliphatic carbocycles. The van der Waals surface area contributed by atoms with Crippen LogP contribution in [0, 0.1) is 6.92 Å². The van der Waals surface area contributed by atoms with Gasteiger partial charge in [-0.15, -0.1) is 0 Å². The number of halogens is 1. The largest absolute Gasteiger partial charge is 0.346 e. The maximum absolute atomic E-state index is 12.0. The molecule has 1 aromatic heterocycles. The Balaban J connectivity index is 2.08. The average molecular weight is 327 g/mol. The Kier molecular flexibility index (Phi) is 3.98. The summed E-state index contributed by atoms with van der Waals surface area (Å²) in [5.41, 5.74) is 2.32. The summed E-state index contributed by atoms with van der Waals surface area (Å²) in [5.74, 6) is -0.169. The highest BCUT2D eigenvalue weighted by Gasteiger charge is 2.10. The molecule has 0 saturated carbocycles. The minimum absolute atomic E-state index is 0.115. The van der Waals surface area contributed by atoms with Gasteiger partial charge in [0.05, 0.1) is 12.1 Å². The van der Waals surface area contributed by atoms with E-state index in [0.29, 0.717) is 17.8 Å². The van der Waals surface area contributed by atoms with Gasteiger partial charge in [0.2, 0.25) is 0 Å². The number of amides is 1. The fraction of sp³-hybridized carbons (Fsp3) is 0.167. The van der Waals surface area contributed by atoms with Crippen molar-refractivity contribution in [1.29, 1.82) is 0 Å². The minimum Gasteiger partial charge on any atom is -0.346 e. The monoisotopic (exact) mass is 326 g/mol. The van der Waals surface area contributed by atoms with E-state index < -0.39 is 0 Å². The van der Waals surface area contributed by atoms with E-state index in [2.05, 4.69) is 26.2 Å². The van der Waals surface area contributed by atoms with E-state index >= 15 is 0 Å². The van der Waals surface area contributed by atoms with E-state index in [4.69, 9.17) is 0 Å². The fourth-order valence-corrected chi connectivity index (χ4v) is 2.49. The third-order valence-electron chi connectivity index (χ3n) is 2.38. The lowest BCUT2D eigenvalue weighted by Crippen LogP contribution is -2.23. The van der Waals surface area contributed by atoms with Gasteiger partial charge >= 0.3 is 4.87 Å². The first kappa shape index (κ1) is 13.0. The van der Waals surface area contributed by atoms with Gasteiger partial charge in [-0.2, -0.15) is 0 Å². The van der Waals surface area contributed by atoms with E-state index in [1.54, 1.807) is 5.38 Å². The van der Waals surface area contributed by atoms with Crippen molar-refractivity contribution in [2.24, 2.45) is 0 Å². The SMILES string of the molecule is Cc1ccc(Br)c(C(=O)NCc2csc(=O)[nH]2)c1. The Hall–Kier alpha value is -1.40. The Labute approximate surface area is 116 Å². The van der Waals surface area contributed by atoms with Crippen molar-refractivity contribution in [2.75, 3.05) is 0 Å². The predicted molar refractivity (Wildman–Crippen MR) is 75.0 cm³/mol. The Morgan fingerprint density at radius 2 is 2.28 bits per heavy atom. The predicted octanol–water partition coefficient (Wildman–Crippen LogP) is 2.44. The molecular formula is C12H11BrN2O2S. The normalized spacial score (nSPS) is 10.3. The van der Waals surface area contributed by atoms with Gasteiger partial charge in [-0.05, 0) is 35.0 Å². The Morgan fingerprint density at radius 1 is 1.50 bits per heavy atom. The Bertz CT molecular complexity index is 633. The summed E-state index contributed by atoms with van der Waals surface area (Å²) in [6, 6.07) is 5.59. The van der Waals surface area contributed by atoms with Crippen molar-refractivity contribution in [3.8, 4) is 0 Å². The number of H-pyrrole nitrogens is 1. The lowest BCUT2D eigenvalue weighted by molar-refractivity contribution is 0.0949. The smallest absolute Gasteiger partial charge is 0.304 e. The van der Waals surface area contributed by atoms with E-state index in [-0.39, 0.29) is 10.8 Å². The second-order valence-corrected chi connectivity index (χ2v) is 5.54. The first-order chi connectivity index (χ1) is 8.56. The zero-order chi connectivity index (χ0) is 13.1. The summed E-state index contributed by atoms with van der Waals surface area (Å²) >= 11 is 4.43. The van der Waals surface area contributed by atoms with E-state index in [1.165, 1.54) is 0 Å². The van der Waals surface area contributed by atoms with Gasteiger partial charge in [0.15, 0.2) is 0 Å². The number of aromatic amines is 1. The molecule has 0 saturated heterocycles. The first-order valence-electron chi connectivity index (χ1n) is 5.27. The molecule has 18 heavy (non-hydrogen) atoms. The summed E-state index contributed by atoms with van der Waals surface area (Å²) in [5, 5.41) is 4.47. The van der Waals surface area contributed by atoms with Crippen LogP contribution >= 0.6 is 27.3 Å². The van der Waals surface area contributed by atoms with Crippen LogP contribution in [0.4, 0.5) is 0 Å². The number of carbonyl (C=O) groups excluding carboxylic acids is 1. The molecule has 0 unspecified atom stereocenters. The zero-order valence-electron chi connectivity index (χ0n) is 9.62. The number of carbonyl (C=O) groups is 1. The van der Waals surface area contributed by atoms with Crippen LogP contribution in [-0.2, 0) is 6.54 Å². The molecule has 2 rings (SSSR count). The first-order valence-corrected chi connectivity index (χ1v) is 6.94. The maximum atomic E-state index is 12.0. The molecule has 0 bridgehead atoms. The number of hydrogen-bond donors (Lipinski definition) is 2. The highest BCUT2D eigenvalue weighted by molar-refractivity contribution is 9.10. The van der Waals surface area contributed by atoms with Crippen molar-refractivity contribution in [3.63, 3.8) is 0 Å². The van der Waals surface area contributed by atoms with Gasteiger partial charge in [-0.1, -0.05) is 23.0 Å². The molecule has 2 aromatic rings. The summed E-state index contributed by atoms with van der Waals surface area (Å²) in [4.78, 5) is 25.4. The maximum Gasteiger partial charge on any atom is 0.304 e. The lowest BCUT2D eigenvalue weighted by atomic mass is 10.1. The molecule has 94 valence electrons. The van der Waals surface area contributed by atoms with Crippen LogP contribution in [0.25, 0.3) is 0 Å². The highest BCUT2D eigenvalue weighted by atomic mass is 79.9. The van der Waals surface area contributed by atoms with E-state index in [1.807, 2.05) is 25.1 Å². The standard InChI is InChI=1S/C12H11BrN2O2S/c1-7-2-3-10(13)9(4-7)11(16)14-5-8-6-18-12(17)15-8/h2-4,6H,5H2,1H3,(H,14,16)(H,15,17). The molecule has 2 N–H and O–H groups in total. The van der Waals surface area contributed by atoms with Crippen molar-refractivity contribution < 1.29 is 4.79 Å². The Morgan fingerprint density at radius 3 is 2.94 bits per heavy atom. The molecule has 0 spiro atoms. The second-order valence-electron chi connectivity index (χ2n) is 3.84. The molecule has 0 aliphatic rings. The number of benzene rings is 1. The molecule has 0 aliphatic heterocycles. The van der Waals surface area contributed by atoms with Crippen LogP contribution in [0.15, 0.2) is 32.8 Å². The molecule has 1 aromatic carbocycles. The quantitative estimate of drug-likeness (QED) is 0.910. The van der Waals surface area contributed by atoms with Gasteiger partial charge in [-0.25, -0.2) is 0 Å². The lowest BCUT2D eigenvalue weighted by Gasteiger charge is -2.06. The zero-order valence-corrected chi connectivity index (χ0v) is 12.0. The number of aryl methyl sites for hydroxylation is 1. The molecule has 6 heteroatoms. The molecule has 1 amide bonds. The van der Waals surface area contributed by atoms with Crippen molar-refractivity contribution in [2.45, 2.75) is 13.5 Å². The molecule has 0 atom stereocenters. The average Bonchev–Trinajstić information content (AvgIpc) is 2.75. The van der Waals surface area contributed by atoms with Crippen LogP contribution in [-0.4, -0.2) is 10.9 Å². The number of hydrogen-bond acceptors (Lipinski definition) is 3. The van der Waals surface area contributed by atoms with Crippen LogP contribution in [0.5, 0.6) is 0 Å². The number of nitrogens with one attached hydrogen (secondary N) is 2. The van der Waals surface area contributed by atoms with Gasteiger partial charge in [0.1, 0.15) is 0 Å². The van der Waals surface area contributed by atoms with Crippen LogP contribution in [0.3, 0.4) is 0 Å². The molecular weight excluding hydrogens is 316 g/mol. The van der Waals surface area contributed by atoms with Gasteiger partial charge < -0.3 is 10.3 Å². The summed E-state index contributed by atoms with van der Waals surface area (Å²) in [6.07, 6.45) is 0. The highest BCUT2D eigenvalue weighted by Crippen LogP contribution is 2.18. The third-order valence-corrected chi connectivity index (χ3v) is 3.79. The molecule has 1 heterocycles. The van der Waals surface area contributed by atoms with Crippen molar-refractivity contribution in [3.05, 3.63) is 54.5 Å². The third kappa shape index (κ3) is 3.08. The summed E-state index contributed by atoms with van der Waals surface area (Å²) in [7, 11) is 0. The minimum atomic E-state index is -0.169. The van der Waals surface area contributed by atoms with E-state index in [9.17, 15) is 9.59 Å². The van der Waals surface area contributed by atoms with Crippen LogP contribution in [0.1, 0.15) is 21.6 Å². The van der Waals surface area contributed by atoms with Gasteiger partial charge in [0, 0.05) is 15.5 Å². The number of thiazole rings is 1. The van der Waals surface area contributed by atoms with Gasteiger partial charge in [0.25, 0.3) is 5.91 Å². The summed E-state index contributed by atoms with van der Waals surface area (Å²) < 4.78 is 0.754. The fourth-order valence-electron chi connectivity index (χ4n) is 1.48. The van der Waals surface area contributed by atoms with Crippen LogP contribution < -0.4 is 10.2 Å². The number of aromatic nitrogens is 1. The van der Waals surface area contributed by atoms with Gasteiger partial charge in [-0.3, -0.25) is 9.59 Å². The topological polar surface area (TPSA) is 62.0 Å². The summed E-state index contributed by atoms with van der Waals surface area (Å²) in [6.45, 7) is 2.25. The van der Waals surface area contributed by atoms with Crippen molar-refractivity contribution >= 4 is 33.2 Å². The molecule has 0 fully saturated rings. The number of rotatable bonds is 3.